The van der Waals surface area contributed by atoms with Gasteiger partial charge in [-0.05, 0) is 26.9 Å². The molecule has 0 radical (unpaired) electrons. The number of hydrogen-bond donors (Lipinski definition) is 1. The molecule has 0 saturated carbocycles. The van der Waals surface area contributed by atoms with Crippen molar-refractivity contribution in [1.29, 1.82) is 0 Å². The first-order valence-corrected chi connectivity index (χ1v) is 7.89. The van der Waals surface area contributed by atoms with Crippen molar-refractivity contribution in [1.82, 2.24) is 19.5 Å². The van der Waals surface area contributed by atoms with Crippen LogP contribution in [-0.2, 0) is 6.42 Å². The van der Waals surface area contributed by atoms with E-state index in [1.54, 1.807) is 6.20 Å². The fraction of sp³-hybridized carbons (Fsp3) is 0.625. The van der Waals surface area contributed by atoms with Crippen molar-refractivity contribution in [3.63, 3.8) is 0 Å². The summed E-state index contributed by atoms with van der Waals surface area (Å²) in [5.41, 5.74) is 2.05. The molecular formula is C16H27N5. The number of aromatic nitrogens is 3. The summed E-state index contributed by atoms with van der Waals surface area (Å²) in [4.78, 5) is 6.92. The number of nitrogens with zero attached hydrogens (tertiary/aromatic N) is 4. The van der Waals surface area contributed by atoms with E-state index < -0.39 is 0 Å². The van der Waals surface area contributed by atoms with Crippen LogP contribution in [0.25, 0.3) is 5.65 Å². The molecule has 2 rings (SSSR count). The maximum absolute atomic E-state index is 4.63. The van der Waals surface area contributed by atoms with Gasteiger partial charge < -0.3 is 10.2 Å². The Morgan fingerprint density at radius 1 is 1.29 bits per heavy atom. The lowest BCUT2D eigenvalue weighted by Crippen LogP contribution is -2.34. The highest BCUT2D eigenvalue weighted by Gasteiger charge is 2.12. The molecule has 1 N–H and O–H groups in total. The summed E-state index contributed by atoms with van der Waals surface area (Å²) < 4.78 is 1.89. The fourth-order valence-corrected chi connectivity index (χ4v) is 2.57. The average Bonchev–Trinajstić information content (AvgIpc) is 2.91. The highest BCUT2D eigenvalue weighted by atomic mass is 15.3. The van der Waals surface area contributed by atoms with Crippen LogP contribution in [0.15, 0.2) is 18.3 Å². The van der Waals surface area contributed by atoms with E-state index in [-0.39, 0.29) is 0 Å². The summed E-state index contributed by atoms with van der Waals surface area (Å²) in [6.07, 6.45) is 6.29. The summed E-state index contributed by atoms with van der Waals surface area (Å²) in [5, 5.41) is 7.92. The Morgan fingerprint density at radius 3 is 2.76 bits per heavy atom. The Labute approximate surface area is 127 Å². The third kappa shape index (κ3) is 3.94. The first-order chi connectivity index (χ1) is 10.2. The summed E-state index contributed by atoms with van der Waals surface area (Å²) in [6, 6.07) is 4.62. The van der Waals surface area contributed by atoms with Gasteiger partial charge >= 0.3 is 0 Å². The topological polar surface area (TPSA) is 45.5 Å². The molecular weight excluding hydrogens is 262 g/mol. The highest BCUT2D eigenvalue weighted by Crippen LogP contribution is 2.14. The summed E-state index contributed by atoms with van der Waals surface area (Å²) in [5.74, 6) is 1.04. The molecule has 1 atom stereocenters. The SMILES string of the molecule is CCCc1cc(NC[C@@H](CCC)N(C)C)n2nccc2n1. The Balaban J connectivity index is 2.18. The number of aryl methyl sites for hydroxylation is 1. The molecule has 116 valence electrons. The Morgan fingerprint density at radius 2 is 2.10 bits per heavy atom. The van der Waals surface area contributed by atoms with E-state index in [4.69, 9.17) is 0 Å². The Bertz CT molecular complexity index is 561. The van der Waals surface area contributed by atoms with Gasteiger partial charge in [0, 0.05) is 30.4 Å². The zero-order chi connectivity index (χ0) is 15.2. The molecule has 5 heteroatoms. The van der Waals surface area contributed by atoms with Gasteiger partial charge in [-0.15, -0.1) is 0 Å². The van der Waals surface area contributed by atoms with Crippen LogP contribution < -0.4 is 5.32 Å². The predicted molar refractivity (Wildman–Crippen MR) is 87.9 cm³/mol. The van der Waals surface area contributed by atoms with Gasteiger partial charge in [0.15, 0.2) is 5.65 Å². The van der Waals surface area contributed by atoms with Crippen LogP contribution in [0.1, 0.15) is 38.8 Å². The van der Waals surface area contributed by atoms with Crippen LogP contribution in [0, 0.1) is 0 Å². The number of likely N-dealkylation sites (N-methyl/N-ethyl adjacent to an activating group) is 1. The van der Waals surface area contributed by atoms with Gasteiger partial charge in [0.2, 0.25) is 0 Å². The van der Waals surface area contributed by atoms with Crippen LogP contribution in [-0.4, -0.2) is 46.2 Å². The summed E-state index contributed by atoms with van der Waals surface area (Å²) in [6.45, 7) is 5.33. The lowest BCUT2D eigenvalue weighted by molar-refractivity contribution is 0.288. The first kappa shape index (κ1) is 15.8. The van der Waals surface area contributed by atoms with E-state index in [1.165, 1.54) is 12.8 Å². The van der Waals surface area contributed by atoms with Crippen LogP contribution in [0.2, 0.25) is 0 Å². The second kappa shape index (κ2) is 7.41. The van der Waals surface area contributed by atoms with E-state index in [0.29, 0.717) is 6.04 Å². The highest BCUT2D eigenvalue weighted by molar-refractivity contribution is 5.49. The molecule has 0 aliphatic heterocycles. The van der Waals surface area contributed by atoms with Crippen LogP contribution in [0.4, 0.5) is 5.82 Å². The van der Waals surface area contributed by atoms with Crippen molar-refractivity contribution < 1.29 is 0 Å². The van der Waals surface area contributed by atoms with Gasteiger partial charge in [-0.2, -0.15) is 9.61 Å². The average molecular weight is 289 g/mol. The normalized spacial score (nSPS) is 13.0. The first-order valence-electron chi connectivity index (χ1n) is 7.89. The molecule has 2 aromatic heterocycles. The molecule has 0 saturated heterocycles. The smallest absolute Gasteiger partial charge is 0.157 e. The number of nitrogens with one attached hydrogen (secondary N) is 1. The van der Waals surface area contributed by atoms with E-state index in [0.717, 1.165) is 36.5 Å². The third-order valence-corrected chi connectivity index (χ3v) is 3.79. The van der Waals surface area contributed by atoms with Crippen molar-refractivity contribution >= 4 is 11.5 Å². The van der Waals surface area contributed by atoms with Gasteiger partial charge in [-0.25, -0.2) is 4.98 Å². The molecule has 2 aromatic rings. The lowest BCUT2D eigenvalue weighted by atomic mass is 10.1. The Kier molecular flexibility index (Phi) is 5.56. The summed E-state index contributed by atoms with van der Waals surface area (Å²) in [7, 11) is 4.28. The standard InChI is InChI=1S/C16H27N5/c1-5-7-13-11-16(21-15(19-13)9-10-18-21)17-12-14(8-6-2)20(3)4/h9-11,14,17H,5-8,12H2,1-4H3/t14-/m1/s1. The van der Waals surface area contributed by atoms with Crippen molar-refractivity contribution in [2.75, 3.05) is 26.0 Å². The van der Waals surface area contributed by atoms with Crippen molar-refractivity contribution in [2.24, 2.45) is 0 Å². The second-order valence-corrected chi connectivity index (χ2v) is 5.77. The minimum atomic E-state index is 0.531. The molecule has 0 amide bonds. The van der Waals surface area contributed by atoms with Crippen LogP contribution in [0.5, 0.6) is 0 Å². The van der Waals surface area contributed by atoms with E-state index >= 15 is 0 Å². The number of anilines is 1. The molecule has 0 aromatic carbocycles. The molecule has 2 heterocycles. The zero-order valence-corrected chi connectivity index (χ0v) is 13.6. The maximum Gasteiger partial charge on any atom is 0.157 e. The van der Waals surface area contributed by atoms with Crippen LogP contribution >= 0.6 is 0 Å². The van der Waals surface area contributed by atoms with Gasteiger partial charge in [-0.1, -0.05) is 26.7 Å². The van der Waals surface area contributed by atoms with Crippen molar-refractivity contribution in [3.05, 3.63) is 24.0 Å². The largest absolute Gasteiger partial charge is 0.368 e. The maximum atomic E-state index is 4.63. The van der Waals surface area contributed by atoms with E-state index in [2.05, 4.69) is 54.3 Å². The molecule has 0 aliphatic rings. The minimum absolute atomic E-state index is 0.531. The lowest BCUT2D eigenvalue weighted by Gasteiger charge is -2.24. The Hall–Kier alpha value is -1.62. The fourth-order valence-electron chi connectivity index (χ4n) is 2.57. The predicted octanol–water partition coefficient (Wildman–Crippen LogP) is 2.82. The molecule has 0 spiro atoms. The van der Waals surface area contributed by atoms with Gasteiger partial charge in [0.05, 0.1) is 6.20 Å². The second-order valence-electron chi connectivity index (χ2n) is 5.77. The number of rotatable bonds is 8. The zero-order valence-electron chi connectivity index (χ0n) is 13.6. The van der Waals surface area contributed by atoms with Gasteiger partial charge in [-0.3, -0.25) is 0 Å². The molecule has 21 heavy (non-hydrogen) atoms. The molecule has 5 nitrogen and oxygen atoms in total. The molecule has 0 bridgehead atoms. The van der Waals surface area contributed by atoms with Crippen molar-refractivity contribution in [3.8, 4) is 0 Å². The third-order valence-electron chi connectivity index (χ3n) is 3.79. The molecule has 0 unspecified atom stereocenters. The molecule has 0 fully saturated rings. The van der Waals surface area contributed by atoms with Gasteiger partial charge in [0.25, 0.3) is 0 Å². The minimum Gasteiger partial charge on any atom is -0.368 e. The molecule has 0 aliphatic carbocycles. The number of hydrogen-bond acceptors (Lipinski definition) is 4. The van der Waals surface area contributed by atoms with Gasteiger partial charge in [0.1, 0.15) is 5.82 Å². The van der Waals surface area contributed by atoms with Crippen molar-refractivity contribution in [2.45, 2.75) is 45.6 Å². The summed E-state index contributed by atoms with van der Waals surface area (Å²) >= 11 is 0. The van der Waals surface area contributed by atoms with E-state index in [9.17, 15) is 0 Å². The van der Waals surface area contributed by atoms with E-state index in [1.807, 2.05) is 10.6 Å². The van der Waals surface area contributed by atoms with Crippen LogP contribution in [0.3, 0.4) is 0 Å². The quantitative estimate of drug-likeness (QED) is 0.811. The number of fused-ring (bicyclic) bond motifs is 1. The monoisotopic (exact) mass is 289 g/mol.